The van der Waals surface area contributed by atoms with E-state index in [4.69, 9.17) is 0 Å². The van der Waals surface area contributed by atoms with Gasteiger partial charge in [0.05, 0.1) is 11.3 Å². The van der Waals surface area contributed by atoms with Crippen LogP contribution in [0.5, 0.6) is 0 Å². The zero-order valence-electron chi connectivity index (χ0n) is 10.9. The number of hydrogen-bond donors (Lipinski definition) is 1. The van der Waals surface area contributed by atoms with Crippen molar-refractivity contribution in [2.24, 2.45) is 0 Å². The molecule has 1 amide bonds. The number of hydrogen-bond acceptors (Lipinski definition) is 3. The molecule has 110 valence electrons. The molecule has 0 atom stereocenters. The molecule has 0 aliphatic rings. The van der Waals surface area contributed by atoms with Crippen molar-refractivity contribution < 1.29 is 18.0 Å². The highest BCUT2D eigenvalue weighted by Crippen LogP contribution is 2.29. The van der Waals surface area contributed by atoms with Gasteiger partial charge in [0.25, 0.3) is 0 Å². The van der Waals surface area contributed by atoms with Crippen LogP contribution in [0.4, 0.5) is 18.3 Å². The number of alkyl halides is 3. The summed E-state index contributed by atoms with van der Waals surface area (Å²) in [6.45, 7) is 1.80. The molecule has 21 heavy (non-hydrogen) atoms. The van der Waals surface area contributed by atoms with Gasteiger partial charge in [0, 0.05) is 11.5 Å². The van der Waals surface area contributed by atoms with Gasteiger partial charge in [-0.25, -0.2) is 4.98 Å². The summed E-state index contributed by atoms with van der Waals surface area (Å²) in [6, 6.07) is 4.75. The Balaban J connectivity index is 2.05. The van der Waals surface area contributed by atoms with E-state index in [1.54, 1.807) is 12.3 Å². The number of nitrogens with zero attached hydrogens (tertiary/aromatic N) is 1. The smallest absolute Gasteiger partial charge is 0.298 e. The number of nitrogens with one attached hydrogen (secondary N) is 1. The third-order valence-electron chi connectivity index (χ3n) is 2.49. The van der Waals surface area contributed by atoms with Crippen molar-refractivity contribution in [1.29, 1.82) is 0 Å². The van der Waals surface area contributed by atoms with Gasteiger partial charge < -0.3 is 0 Å². The van der Waals surface area contributed by atoms with E-state index >= 15 is 0 Å². The number of rotatable bonds is 3. The van der Waals surface area contributed by atoms with Crippen LogP contribution in [-0.4, -0.2) is 10.9 Å². The highest BCUT2D eigenvalue weighted by Gasteiger charge is 2.30. The van der Waals surface area contributed by atoms with Gasteiger partial charge in [0.15, 0.2) is 5.13 Å². The molecule has 0 unspecified atom stereocenters. The van der Waals surface area contributed by atoms with Crippen LogP contribution in [0.15, 0.2) is 35.7 Å². The molecule has 1 aromatic heterocycles. The minimum atomic E-state index is -4.40. The van der Waals surface area contributed by atoms with Gasteiger partial charge >= 0.3 is 6.18 Å². The van der Waals surface area contributed by atoms with E-state index in [0.29, 0.717) is 10.7 Å². The van der Waals surface area contributed by atoms with Crippen molar-refractivity contribution in [3.63, 3.8) is 0 Å². The summed E-state index contributed by atoms with van der Waals surface area (Å²) in [6.07, 6.45) is -1.90. The van der Waals surface area contributed by atoms with Gasteiger partial charge in [-0.1, -0.05) is 12.1 Å². The molecule has 2 rings (SSSR count). The minimum absolute atomic E-state index is 0.301. The van der Waals surface area contributed by atoms with Crippen molar-refractivity contribution in [3.05, 3.63) is 52.5 Å². The molecule has 0 radical (unpaired) electrons. The number of anilines is 1. The van der Waals surface area contributed by atoms with E-state index in [1.165, 1.54) is 35.6 Å². The lowest BCUT2D eigenvalue weighted by molar-refractivity contribution is -0.137. The van der Waals surface area contributed by atoms with E-state index in [0.717, 1.165) is 17.8 Å². The fraction of sp³-hybridized carbons (Fsp3) is 0.143. The fourth-order valence-corrected chi connectivity index (χ4v) is 2.24. The molecular formula is C14H11F3N2OS. The second-order valence-corrected chi connectivity index (χ2v) is 5.10. The number of thiazole rings is 1. The van der Waals surface area contributed by atoms with Gasteiger partial charge in [0.1, 0.15) is 0 Å². The first-order chi connectivity index (χ1) is 9.84. The van der Waals surface area contributed by atoms with Crippen LogP contribution >= 0.6 is 11.3 Å². The summed E-state index contributed by atoms with van der Waals surface area (Å²) < 4.78 is 37.6. The Morgan fingerprint density at radius 2 is 2.14 bits per heavy atom. The molecule has 1 N–H and O–H groups in total. The SMILES string of the molecule is Cc1csc(NC(=O)C=Cc2cccc(C(F)(F)F)c2)n1. The second kappa shape index (κ2) is 6.09. The fourth-order valence-electron chi connectivity index (χ4n) is 1.55. The molecule has 7 heteroatoms. The predicted octanol–water partition coefficient (Wildman–Crippen LogP) is 4.12. The molecule has 0 fully saturated rings. The normalized spacial score (nSPS) is 11.8. The number of carbonyl (C=O) groups is 1. The number of aryl methyl sites for hydroxylation is 1. The first kappa shape index (κ1) is 15.2. The van der Waals surface area contributed by atoms with Crippen molar-refractivity contribution >= 4 is 28.5 Å². The minimum Gasteiger partial charge on any atom is -0.298 e. The Morgan fingerprint density at radius 1 is 1.38 bits per heavy atom. The maximum Gasteiger partial charge on any atom is 0.416 e. The summed E-state index contributed by atoms with van der Waals surface area (Å²) in [7, 11) is 0. The number of amides is 1. The number of halogens is 3. The summed E-state index contributed by atoms with van der Waals surface area (Å²) in [5.74, 6) is -0.443. The third-order valence-corrected chi connectivity index (χ3v) is 3.37. The highest BCUT2D eigenvalue weighted by atomic mass is 32.1. The third kappa shape index (κ3) is 4.42. The molecule has 0 aliphatic heterocycles. The molecule has 2 aromatic rings. The predicted molar refractivity (Wildman–Crippen MR) is 76.0 cm³/mol. The van der Waals surface area contributed by atoms with E-state index < -0.39 is 17.6 Å². The molecule has 1 aromatic carbocycles. The van der Waals surface area contributed by atoms with Crippen molar-refractivity contribution in [2.45, 2.75) is 13.1 Å². The lowest BCUT2D eigenvalue weighted by atomic mass is 10.1. The average Bonchev–Trinajstić information content (AvgIpc) is 2.81. The number of carbonyl (C=O) groups excluding carboxylic acids is 1. The van der Waals surface area contributed by atoms with Crippen molar-refractivity contribution in [2.75, 3.05) is 5.32 Å². The average molecular weight is 312 g/mol. The molecule has 3 nitrogen and oxygen atoms in total. The summed E-state index contributed by atoms with van der Waals surface area (Å²) in [5.41, 5.74) is 0.341. The first-order valence-corrected chi connectivity index (χ1v) is 6.81. The highest BCUT2D eigenvalue weighted by molar-refractivity contribution is 7.13. The summed E-state index contributed by atoms with van der Waals surface area (Å²) in [5, 5.41) is 4.77. The first-order valence-electron chi connectivity index (χ1n) is 5.93. The summed E-state index contributed by atoms with van der Waals surface area (Å²) >= 11 is 1.28. The Labute approximate surface area is 123 Å². The van der Waals surface area contributed by atoms with Gasteiger partial charge in [-0.15, -0.1) is 11.3 Å². The number of benzene rings is 1. The van der Waals surface area contributed by atoms with Gasteiger partial charge in [-0.05, 0) is 30.7 Å². The standard InChI is InChI=1S/C14H11F3N2OS/c1-9-8-21-13(18-9)19-12(20)6-5-10-3-2-4-11(7-10)14(15,16)17/h2-8H,1H3,(H,18,19,20). The Bertz CT molecular complexity index is 677. The van der Waals surface area contributed by atoms with Crippen molar-refractivity contribution in [3.8, 4) is 0 Å². The molecule has 0 bridgehead atoms. The zero-order chi connectivity index (χ0) is 15.5. The van der Waals surface area contributed by atoms with Crippen LogP contribution in [0, 0.1) is 6.92 Å². The number of aromatic nitrogens is 1. The van der Waals surface area contributed by atoms with Crippen LogP contribution in [-0.2, 0) is 11.0 Å². The van der Waals surface area contributed by atoms with E-state index in [2.05, 4.69) is 10.3 Å². The second-order valence-electron chi connectivity index (χ2n) is 4.24. The molecule has 0 saturated carbocycles. The van der Waals surface area contributed by atoms with Crippen LogP contribution in [0.2, 0.25) is 0 Å². The van der Waals surface area contributed by atoms with Crippen LogP contribution in [0.1, 0.15) is 16.8 Å². The quantitative estimate of drug-likeness (QED) is 0.866. The Morgan fingerprint density at radius 3 is 2.76 bits per heavy atom. The van der Waals surface area contributed by atoms with Gasteiger partial charge in [0.2, 0.25) is 5.91 Å². The topological polar surface area (TPSA) is 42.0 Å². The van der Waals surface area contributed by atoms with Crippen LogP contribution < -0.4 is 5.32 Å². The maximum atomic E-state index is 12.5. The van der Waals surface area contributed by atoms with Gasteiger partial charge in [-0.2, -0.15) is 13.2 Å². The van der Waals surface area contributed by atoms with Gasteiger partial charge in [-0.3, -0.25) is 10.1 Å². The maximum absolute atomic E-state index is 12.5. The molecule has 0 saturated heterocycles. The van der Waals surface area contributed by atoms with Crippen LogP contribution in [0.25, 0.3) is 6.08 Å². The van der Waals surface area contributed by atoms with E-state index in [-0.39, 0.29) is 0 Å². The lowest BCUT2D eigenvalue weighted by Crippen LogP contribution is -2.07. The van der Waals surface area contributed by atoms with Crippen LogP contribution in [0.3, 0.4) is 0 Å². The van der Waals surface area contributed by atoms with E-state index in [1.807, 2.05) is 0 Å². The Hall–Kier alpha value is -2.15. The largest absolute Gasteiger partial charge is 0.416 e. The molecule has 0 aliphatic carbocycles. The Kier molecular flexibility index (Phi) is 4.42. The monoisotopic (exact) mass is 312 g/mol. The molecule has 0 spiro atoms. The molecular weight excluding hydrogens is 301 g/mol. The lowest BCUT2D eigenvalue weighted by Gasteiger charge is -2.06. The van der Waals surface area contributed by atoms with E-state index in [9.17, 15) is 18.0 Å². The molecule has 1 heterocycles. The van der Waals surface area contributed by atoms with Crippen molar-refractivity contribution in [1.82, 2.24) is 4.98 Å². The zero-order valence-corrected chi connectivity index (χ0v) is 11.8. The summed E-state index contributed by atoms with van der Waals surface area (Å²) in [4.78, 5) is 15.7.